The number of fused-ring (bicyclic) bond motifs is 1. The lowest BCUT2D eigenvalue weighted by molar-refractivity contribution is -0.153. The number of amides is 1. The summed E-state index contributed by atoms with van der Waals surface area (Å²) in [5.74, 6) is 0.276. The number of carbonyl (C=O) groups is 1. The smallest absolute Gasteiger partial charge is 0.422 e. The molecule has 1 unspecified atom stereocenters. The topological polar surface area (TPSA) is 51.2 Å². The summed E-state index contributed by atoms with van der Waals surface area (Å²) < 4.78 is 41.9. The maximum Gasteiger partial charge on any atom is 0.422 e. The molecular weight excluding hydrogens is 341 g/mol. The average Bonchev–Trinajstić information content (AvgIpc) is 3.12. The van der Waals surface area contributed by atoms with Crippen molar-refractivity contribution >= 4 is 32.6 Å². The van der Waals surface area contributed by atoms with Crippen molar-refractivity contribution in [1.29, 1.82) is 0 Å². The number of aromatic nitrogens is 1. The standard InChI is InChI=1S/C16H15F3N2O2S/c17-16(18,19)9-23-11-5-6-12-13(8-11)24-15(20-12)21-14(22)7-10-3-1-2-4-10/h1,3,5-6,8,10H,2,4,7,9H2,(H,20,21,22). The van der Waals surface area contributed by atoms with Crippen molar-refractivity contribution in [1.82, 2.24) is 4.98 Å². The van der Waals surface area contributed by atoms with Gasteiger partial charge in [0.05, 0.1) is 10.2 Å². The van der Waals surface area contributed by atoms with Gasteiger partial charge in [0.2, 0.25) is 5.91 Å². The van der Waals surface area contributed by atoms with Crippen LogP contribution in [0.3, 0.4) is 0 Å². The van der Waals surface area contributed by atoms with Crippen LogP contribution in [0.15, 0.2) is 30.4 Å². The Hall–Kier alpha value is -2.09. The third-order valence-electron chi connectivity index (χ3n) is 3.57. The number of carbonyl (C=O) groups excluding carboxylic acids is 1. The van der Waals surface area contributed by atoms with Gasteiger partial charge in [-0.15, -0.1) is 0 Å². The van der Waals surface area contributed by atoms with Crippen LogP contribution < -0.4 is 10.1 Å². The van der Waals surface area contributed by atoms with Gasteiger partial charge in [-0.05, 0) is 37.0 Å². The van der Waals surface area contributed by atoms with Gasteiger partial charge in [-0.3, -0.25) is 4.79 Å². The first-order valence-corrected chi connectivity index (χ1v) is 8.27. The van der Waals surface area contributed by atoms with E-state index in [1.165, 1.54) is 23.5 Å². The van der Waals surface area contributed by atoms with Crippen molar-refractivity contribution in [3.8, 4) is 5.75 Å². The lowest BCUT2D eigenvalue weighted by atomic mass is 10.1. The van der Waals surface area contributed by atoms with E-state index in [4.69, 9.17) is 4.74 Å². The zero-order chi connectivity index (χ0) is 17.2. The molecule has 1 aliphatic rings. The van der Waals surface area contributed by atoms with Crippen molar-refractivity contribution in [3.63, 3.8) is 0 Å². The molecule has 0 saturated heterocycles. The minimum Gasteiger partial charge on any atom is -0.484 e. The van der Waals surface area contributed by atoms with Gasteiger partial charge in [-0.25, -0.2) is 4.98 Å². The molecule has 24 heavy (non-hydrogen) atoms. The number of anilines is 1. The summed E-state index contributed by atoms with van der Waals surface area (Å²) in [4.78, 5) is 16.3. The van der Waals surface area contributed by atoms with Gasteiger partial charge < -0.3 is 10.1 Å². The number of thiazole rings is 1. The zero-order valence-corrected chi connectivity index (χ0v) is 13.4. The van der Waals surface area contributed by atoms with Crippen LogP contribution in [-0.4, -0.2) is 23.7 Å². The van der Waals surface area contributed by atoms with E-state index in [1.54, 1.807) is 6.07 Å². The predicted molar refractivity (Wildman–Crippen MR) is 86.3 cm³/mol. The molecule has 1 amide bonds. The molecule has 1 aromatic heterocycles. The molecule has 1 N–H and O–H groups in total. The Kier molecular flexibility index (Phi) is 4.75. The van der Waals surface area contributed by atoms with Crippen molar-refractivity contribution in [2.45, 2.75) is 25.4 Å². The summed E-state index contributed by atoms with van der Waals surface area (Å²) >= 11 is 1.21. The monoisotopic (exact) mass is 356 g/mol. The van der Waals surface area contributed by atoms with E-state index in [0.717, 1.165) is 12.8 Å². The highest BCUT2D eigenvalue weighted by molar-refractivity contribution is 7.22. The Labute approximate surface area is 140 Å². The zero-order valence-electron chi connectivity index (χ0n) is 12.6. The highest BCUT2D eigenvalue weighted by atomic mass is 32.1. The number of allylic oxidation sites excluding steroid dienone is 2. The average molecular weight is 356 g/mol. The molecule has 0 radical (unpaired) electrons. The normalized spacial score (nSPS) is 17.4. The first kappa shape index (κ1) is 16.8. The Morgan fingerprint density at radius 3 is 2.96 bits per heavy atom. The fraction of sp³-hybridized carbons (Fsp3) is 0.375. The number of halogens is 3. The van der Waals surface area contributed by atoms with Gasteiger partial charge in [-0.2, -0.15) is 13.2 Å². The second kappa shape index (κ2) is 6.80. The summed E-state index contributed by atoms with van der Waals surface area (Å²) in [6, 6.07) is 4.50. The molecule has 3 rings (SSSR count). The minimum absolute atomic E-state index is 0.112. The number of benzene rings is 1. The Bertz CT molecular complexity index is 770. The van der Waals surface area contributed by atoms with Gasteiger partial charge in [0.25, 0.3) is 0 Å². The molecule has 0 fully saturated rings. The van der Waals surface area contributed by atoms with Crippen molar-refractivity contribution in [3.05, 3.63) is 30.4 Å². The van der Waals surface area contributed by atoms with Crippen LogP contribution in [0, 0.1) is 5.92 Å². The van der Waals surface area contributed by atoms with Gasteiger partial charge in [0.1, 0.15) is 5.75 Å². The molecule has 128 valence electrons. The molecule has 1 aromatic carbocycles. The summed E-state index contributed by atoms with van der Waals surface area (Å²) in [5.41, 5.74) is 0.607. The number of hydrogen-bond donors (Lipinski definition) is 1. The lowest BCUT2D eigenvalue weighted by Gasteiger charge is -2.08. The third kappa shape index (κ3) is 4.47. The summed E-state index contributed by atoms with van der Waals surface area (Å²) in [7, 11) is 0. The Balaban J connectivity index is 1.64. The van der Waals surface area contributed by atoms with E-state index >= 15 is 0 Å². The van der Waals surface area contributed by atoms with Crippen LogP contribution in [0.5, 0.6) is 5.75 Å². The molecule has 1 aliphatic carbocycles. The van der Waals surface area contributed by atoms with Crippen molar-refractivity contribution in [2.24, 2.45) is 5.92 Å². The molecular formula is C16H15F3N2O2S. The van der Waals surface area contributed by atoms with Gasteiger partial charge in [0.15, 0.2) is 11.7 Å². The van der Waals surface area contributed by atoms with E-state index in [-0.39, 0.29) is 17.6 Å². The second-order valence-electron chi connectivity index (χ2n) is 5.57. The van der Waals surface area contributed by atoms with Crippen molar-refractivity contribution in [2.75, 3.05) is 11.9 Å². The fourth-order valence-electron chi connectivity index (χ4n) is 2.49. The number of rotatable bonds is 5. The largest absolute Gasteiger partial charge is 0.484 e. The van der Waals surface area contributed by atoms with E-state index in [1.807, 2.05) is 6.08 Å². The van der Waals surface area contributed by atoms with Crippen LogP contribution in [0.1, 0.15) is 19.3 Å². The fourth-order valence-corrected chi connectivity index (χ4v) is 3.40. The van der Waals surface area contributed by atoms with Gasteiger partial charge in [-0.1, -0.05) is 23.5 Å². The minimum atomic E-state index is -4.38. The highest BCUT2D eigenvalue weighted by Gasteiger charge is 2.28. The highest BCUT2D eigenvalue weighted by Crippen LogP contribution is 2.30. The van der Waals surface area contributed by atoms with Crippen LogP contribution in [0.4, 0.5) is 18.3 Å². The lowest BCUT2D eigenvalue weighted by Crippen LogP contribution is -2.19. The Morgan fingerprint density at radius 1 is 1.42 bits per heavy atom. The van der Waals surface area contributed by atoms with E-state index < -0.39 is 12.8 Å². The predicted octanol–water partition coefficient (Wildman–Crippen LogP) is 4.53. The van der Waals surface area contributed by atoms with Crippen LogP contribution in [0.25, 0.3) is 10.2 Å². The summed E-state index contributed by atoms with van der Waals surface area (Å²) in [6.07, 6.45) is 2.12. The van der Waals surface area contributed by atoms with Crippen molar-refractivity contribution < 1.29 is 22.7 Å². The van der Waals surface area contributed by atoms with E-state index in [0.29, 0.717) is 21.8 Å². The summed E-state index contributed by atoms with van der Waals surface area (Å²) in [6.45, 7) is -1.34. The second-order valence-corrected chi connectivity index (χ2v) is 6.60. The Morgan fingerprint density at radius 2 is 2.25 bits per heavy atom. The number of ether oxygens (including phenoxy) is 1. The number of alkyl halides is 3. The molecule has 0 aliphatic heterocycles. The third-order valence-corrected chi connectivity index (χ3v) is 4.50. The SMILES string of the molecule is O=C(CC1C=CCC1)Nc1nc2ccc(OCC(F)(F)F)cc2s1. The molecule has 0 bridgehead atoms. The molecule has 1 heterocycles. The molecule has 4 nitrogen and oxygen atoms in total. The number of hydrogen-bond acceptors (Lipinski definition) is 4. The first-order valence-electron chi connectivity index (χ1n) is 7.46. The molecule has 8 heteroatoms. The number of nitrogens with one attached hydrogen (secondary N) is 1. The molecule has 2 aromatic rings. The quantitative estimate of drug-likeness (QED) is 0.801. The number of nitrogens with zero attached hydrogens (tertiary/aromatic N) is 1. The van der Waals surface area contributed by atoms with Crippen LogP contribution in [0.2, 0.25) is 0 Å². The van der Waals surface area contributed by atoms with Gasteiger partial charge in [0, 0.05) is 6.42 Å². The summed E-state index contributed by atoms with van der Waals surface area (Å²) in [5, 5.41) is 3.18. The first-order chi connectivity index (χ1) is 11.4. The van der Waals surface area contributed by atoms with Crippen LogP contribution in [-0.2, 0) is 4.79 Å². The maximum absolute atomic E-state index is 12.2. The van der Waals surface area contributed by atoms with Crippen LogP contribution >= 0.6 is 11.3 Å². The maximum atomic E-state index is 12.2. The molecule has 1 atom stereocenters. The van der Waals surface area contributed by atoms with Gasteiger partial charge >= 0.3 is 6.18 Å². The molecule has 0 saturated carbocycles. The van der Waals surface area contributed by atoms with E-state index in [2.05, 4.69) is 16.4 Å². The molecule has 0 spiro atoms. The van der Waals surface area contributed by atoms with E-state index in [9.17, 15) is 18.0 Å².